The van der Waals surface area contributed by atoms with E-state index in [1.807, 2.05) is 0 Å². The van der Waals surface area contributed by atoms with Crippen LogP contribution in [0.5, 0.6) is 11.5 Å². The number of ether oxygens (including phenoxy) is 3. The minimum atomic E-state index is -0.512. The van der Waals surface area contributed by atoms with Gasteiger partial charge in [-0.2, -0.15) is 0 Å². The first-order valence-electron chi connectivity index (χ1n) is 6.40. The molecule has 0 aromatic heterocycles. The fourth-order valence-electron chi connectivity index (χ4n) is 1.71. The van der Waals surface area contributed by atoms with Crippen LogP contribution in [0.2, 0.25) is 0 Å². The third kappa shape index (κ3) is 4.52. The maximum Gasteiger partial charge on any atom is 0.332 e. The molecule has 114 valence electrons. The summed E-state index contributed by atoms with van der Waals surface area (Å²) in [5.74, 6) is -0.170. The number of carbonyl (C=O) groups excluding carboxylic acids is 2. The van der Waals surface area contributed by atoms with Gasteiger partial charge in [-0.1, -0.05) is 6.07 Å². The smallest absolute Gasteiger partial charge is 0.332 e. The summed E-state index contributed by atoms with van der Waals surface area (Å²) in [7, 11) is 2.93. The predicted molar refractivity (Wildman–Crippen MR) is 77.4 cm³/mol. The van der Waals surface area contributed by atoms with Crippen LogP contribution in [0.15, 0.2) is 30.0 Å². The minimum Gasteiger partial charge on any atom is -0.496 e. The van der Waals surface area contributed by atoms with Crippen molar-refractivity contribution in [1.82, 2.24) is 5.32 Å². The molecule has 0 unspecified atom stereocenters. The second-order valence-corrected chi connectivity index (χ2v) is 4.07. The lowest BCUT2D eigenvalue weighted by Gasteiger charge is -2.13. The fourth-order valence-corrected chi connectivity index (χ4v) is 1.71. The summed E-state index contributed by atoms with van der Waals surface area (Å²) in [6.45, 7) is 3.58. The van der Waals surface area contributed by atoms with Crippen molar-refractivity contribution in [2.24, 2.45) is 0 Å². The Balaban J connectivity index is 2.97. The topological polar surface area (TPSA) is 73.9 Å². The summed E-state index contributed by atoms with van der Waals surface area (Å²) in [5.41, 5.74) is 0.630. The zero-order valence-corrected chi connectivity index (χ0v) is 12.6. The number of methoxy groups -OCH3 is 2. The average Bonchev–Trinajstić information content (AvgIpc) is 2.45. The van der Waals surface area contributed by atoms with E-state index < -0.39 is 11.9 Å². The lowest BCUT2D eigenvalue weighted by molar-refractivity contribution is -0.137. The van der Waals surface area contributed by atoms with Crippen LogP contribution in [0.1, 0.15) is 24.2 Å². The van der Waals surface area contributed by atoms with E-state index in [1.54, 1.807) is 32.0 Å². The van der Waals surface area contributed by atoms with E-state index in [2.05, 4.69) is 5.32 Å². The molecule has 6 heteroatoms. The van der Waals surface area contributed by atoms with E-state index in [0.717, 1.165) is 0 Å². The second kappa shape index (κ2) is 7.94. The van der Waals surface area contributed by atoms with Gasteiger partial charge in [-0.05, 0) is 26.0 Å². The van der Waals surface area contributed by atoms with Crippen LogP contribution in [-0.2, 0) is 9.53 Å². The summed E-state index contributed by atoms with van der Waals surface area (Å²) >= 11 is 0. The van der Waals surface area contributed by atoms with Gasteiger partial charge in [0.25, 0.3) is 5.91 Å². The van der Waals surface area contributed by atoms with E-state index in [4.69, 9.17) is 14.2 Å². The van der Waals surface area contributed by atoms with E-state index in [9.17, 15) is 9.59 Å². The van der Waals surface area contributed by atoms with Gasteiger partial charge in [0.05, 0.1) is 20.8 Å². The van der Waals surface area contributed by atoms with Crippen molar-refractivity contribution >= 4 is 11.9 Å². The Labute approximate surface area is 123 Å². The van der Waals surface area contributed by atoms with Gasteiger partial charge in [0.1, 0.15) is 17.1 Å². The van der Waals surface area contributed by atoms with E-state index in [1.165, 1.54) is 20.3 Å². The number of allylic oxidation sites excluding steroid dienone is 1. The van der Waals surface area contributed by atoms with Crippen LogP contribution in [0.4, 0.5) is 0 Å². The van der Waals surface area contributed by atoms with Gasteiger partial charge in [-0.25, -0.2) is 4.79 Å². The number of amides is 1. The van der Waals surface area contributed by atoms with Crippen LogP contribution < -0.4 is 14.8 Å². The summed E-state index contributed by atoms with van der Waals surface area (Å²) in [5, 5.41) is 2.60. The molecule has 0 aliphatic rings. The van der Waals surface area contributed by atoms with E-state index in [0.29, 0.717) is 17.2 Å². The van der Waals surface area contributed by atoms with Gasteiger partial charge in [0.2, 0.25) is 0 Å². The number of carbonyl (C=O) groups is 2. The maximum absolute atomic E-state index is 12.3. The molecular formula is C15H19NO5. The maximum atomic E-state index is 12.3. The molecule has 0 saturated heterocycles. The number of nitrogens with one attached hydrogen (secondary N) is 1. The number of hydrogen-bond acceptors (Lipinski definition) is 5. The molecule has 6 nitrogen and oxygen atoms in total. The number of hydrogen-bond donors (Lipinski definition) is 1. The molecule has 1 N–H and O–H groups in total. The van der Waals surface area contributed by atoms with Crippen molar-refractivity contribution in [2.75, 3.05) is 20.8 Å². The SMILES string of the molecule is CCOC(=O)C=C(C)NC(=O)c1c(OC)cccc1OC. The first-order chi connectivity index (χ1) is 10.0. The monoisotopic (exact) mass is 293 g/mol. The van der Waals surface area contributed by atoms with Crippen LogP contribution >= 0.6 is 0 Å². The highest BCUT2D eigenvalue weighted by Gasteiger charge is 2.18. The molecule has 1 amide bonds. The predicted octanol–water partition coefficient (Wildman–Crippen LogP) is 1.90. The molecule has 0 fully saturated rings. The largest absolute Gasteiger partial charge is 0.496 e. The Morgan fingerprint density at radius 1 is 1.19 bits per heavy atom. The summed E-state index contributed by atoms with van der Waals surface area (Å²) in [6.07, 6.45) is 1.21. The molecular weight excluding hydrogens is 274 g/mol. The molecule has 1 aromatic rings. The van der Waals surface area contributed by atoms with Crippen LogP contribution in [0.25, 0.3) is 0 Å². The molecule has 0 bridgehead atoms. The first-order valence-corrected chi connectivity index (χ1v) is 6.40. The second-order valence-electron chi connectivity index (χ2n) is 4.07. The summed E-state index contributed by atoms with van der Waals surface area (Å²) in [4.78, 5) is 23.6. The molecule has 0 aliphatic heterocycles. The molecule has 0 spiro atoms. The molecule has 1 aromatic carbocycles. The van der Waals surface area contributed by atoms with Gasteiger partial charge in [-0.15, -0.1) is 0 Å². The Kier molecular flexibility index (Phi) is 6.26. The molecule has 0 heterocycles. The highest BCUT2D eigenvalue weighted by molar-refractivity contribution is 6.01. The standard InChI is InChI=1S/C15H19NO5/c1-5-21-13(17)9-10(2)16-15(18)14-11(19-3)7-6-8-12(14)20-4/h6-9H,5H2,1-4H3,(H,16,18). The van der Waals surface area contributed by atoms with Crippen molar-refractivity contribution in [2.45, 2.75) is 13.8 Å². The van der Waals surface area contributed by atoms with Crippen LogP contribution in [-0.4, -0.2) is 32.7 Å². The Hall–Kier alpha value is -2.50. The minimum absolute atomic E-state index is 0.263. The van der Waals surface area contributed by atoms with Crippen LogP contribution in [0.3, 0.4) is 0 Å². The molecule has 21 heavy (non-hydrogen) atoms. The van der Waals surface area contributed by atoms with E-state index in [-0.39, 0.29) is 12.2 Å². The highest BCUT2D eigenvalue weighted by Crippen LogP contribution is 2.28. The molecule has 0 aliphatic carbocycles. The van der Waals surface area contributed by atoms with Gasteiger partial charge in [0, 0.05) is 11.8 Å². The zero-order valence-electron chi connectivity index (χ0n) is 12.6. The molecule has 0 atom stereocenters. The molecule has 0 radical (unpaired) electrons. The molecule has 1 rings (SSSR count). The highest BCUT2D eigenvalue weighted by atomic mass is 16.5. The number of benzene rings is 1. The normalized spacial score (nSPS) is 10.8. The van der Waals surface area contributed by atoms with Crippen molar-refractivity contribution < 1.29 is 23.8 Å². The Bertz CT molecular complexity index is 529. The third-order valence-corrected chi connectivity index (χ3v) is 2.59. The summed E-state index contributed by atoms with van der Waals surface area (Å²) < 4.78 is 15.1. The third-order valence-electron chi connectivity index (χ3n) is 2.59. The Morgan fingerprint density at radius 3 is 2.24 bits per heavy atom. The quantitative estimate of drug-likeness (QED) is 0.640. The van der Waals surface area contributed by atoms with E-state index >= 15 is 0 Å². The van der Waals surface area contributed by atoms with Gasteiger partial charge in [0.15, 0.2) is 0 Å². The lowest BCUT2D eigenvalue weighted by atomic mass is 10.1. The van der Waals surface area contributed by atoms with Crippen molar-refractivity contribution in [1.29, 1.82) is 0 Å². The van der Waals surface area contributed by atoms with Crippen molar-refractivity contribution in [3.63, 3.8) is 0 Å². The fraction of sp³-hybridized carbons (Fsp3) is 0.333. The lowest BCUT2D eigenvalue weighted by Crippen LogP contribution is -2.23. The average molecular weight is 293 g/mol. The van der Waals surface area contributed by atoms with Gasteiger partial charge < -0.3 is 19.5 Å². The zero-order chi connectivity index (χ0) is 15.8. The van der Waals surface area contributed by atoms with Crippen LogP contribution in [0, 0.1) is 0 Å². The first kappa shape index (κ1) is 16.6. The summed E-state index contributed by atoms with van der Waals surface area (Å²) in [6, 6.07) is 5.03. The van der Waals surface area contributed by atoms with Gasteiger partial charge in [-0.3, -0.25) is 4.79 Å². The number of esters is 1. The van der Waals surface area contributed by atoms with Crippen molar-refractivity contribution in [3.8, 4) is 11.5 Å². The molecule has 0 saturated carbocycles. The van der Waals surface area contributed by atoms with Crippen molar-refractivity contribution in [3.05, 3.63) is 35.5 Å². The van der Waals surface area contributed by atoms with Gasteiger partial charge >= 0.3 is 5.97 Å². The number of rotatable bonds is 6. The Morgan fingerprint density at radius 2 is 1.76 bits per heavy atom.